The molecule has 1 saturated carbocycles. The number of imide groups is 1. The summed E-state index contributed by atoms with van der Waals surface area (Å²) >= 11 is 0. The van der Waals surface area contributed by atoms with E-state index in [1.165, 1.54) is 50.9 Å². The van der Waals surface area contributed by atoms with Gasteiger partial charge >= 0.3 is 11.8 Å². The van der Waals surface area contributed by atoms with Gasteiger partial charge in [0.05, 0.1) is 11.0 Å². The van der Waals surface area contributed by atoms with Gasteiger partial charge in [-0.3, -0.25) is 24.0 Å². The molecule has 3 amide bonds. The molecule has 0 bridgehead atoms. The second-order valence-corrected chi connectivity index (χ2v) is 16.5. The maximum atomic E-state index is 13.2. The molecule has 5 aliphatic rings. The third-order valence-electron chi connectivity index (χ3n) is 12.2. The van der Waals surface area contributed by atoms with E-state index in [1.807, 2.05) is 31.7 Å². The number of fused-ring (bicyclic) bond motifs is 1. The number of hydrogen-bond donors (Lipinski definition) is 1. The minimum atomic E-state index is -0.652. The molecule has 48 heavy (non-hydrogen) atoms. The molecule has 5 heterocycles. The van der Waals surface area contributed by atoms with Gasteiger partial charge in [-0.25, -0.2) is 9.59 Å². The molecular weight excluding hydrogens is 608 g/mol. The Bertz CT molecular complexity index is 1590. The Morgan fingerprint density at radius 1 is 0.917 bits per heavy atom. The smallest absolute Gasteiger partial charge is 0.410 e. The van der Waals surface area contributed by atoms with Gasteiger partial charge in [0.25, 0.3) is 0 Å². The molecule has 0 radical (unpaired) electrons. The van der Waals surface area contributed by atoms with E-state index in [4.69, 9.17) is 4.74 Å². The quantitative estimate of drug-likeness (QED) is 0.474. The van der Waals surface area contributed by atoms with Crippen molar-refractivity contribution in [1.29, 1.82) is 0 Å². The summed E-state index contributed by atoms with van der Waals surface area (Å²) in [5.74, 6) is 0.556. The number of carbonyl (C=O) groups excluding carboxylic acids is 3. The summed E-state index contributed by atoms with van der Waals surface area (Å²) in [7, 11) is 1.77. The van der Waals surface area contributed by atoms with Gasteiger partial charge in [-0.05, 0) is 140 Å². The first kappa shape index (κ1) is 33.3. The molecule has 1 N–H and O–H groups in total. The van der Waals surface area contributed by atoms with E-state index in [0.717, 1.165) is 68.8 Å². The van der Waals surface area contributed by atoms with Gasteiger partial charge in [0.1, 0.15) is 11.6 Å². The van der Waals surface area contributed by atoms with Crippen LogP contribution in [0.25, 0.3) is 11.0 Å². The van der Waals surface area contributed by atoms with Gasteiger partial charge in [0, 0.05) is 39.1 Å². The van der Waals surface area contributed by atoms with Crippen molar-refractivity contribution in [3.05, 3.63) is 34.2 Å². The minimum absolute atomic E-state index is 0.159. The van der Waals surface area contributed by atoms with Crippen molar-refractivity contribution in [3.63, 3.8) is 0 Å². The Hall–Kier alpha value is -3.18. The Morgan fingerprint density at radius 3 is 2.25 bits per heavy atom. The molecule has 4 aliphatic heterocycles. The number of hydrogen-bond acceptors (Lipinski definition) is 7. The van der Waals surface area contributed by atoms with Crippen LogP contribution in [0.3, 0.4) is 0 Å². The van der Waals surface area contributed by atoms with Gasteiger partial charge in [0.2, 0.25) is 11.8 Å². The van der Waals surface area contributed by atoms with E-state index in [-0.39, 0.29) is 24.1 Å². The normalized spacial score (nSPS) is 25.4. The Morgan fingerprint density at radius 2 is 1.60 bits per heavy atom. The fourth-order valence-corrected chi connectivity index (χ4v) is 9.28. The summed E-state index contributed by atoms with van der Waals surface area (Å²) in [5.41, 5.74) is 2.65. The molecule has 1 aromatic heterocycles. The van der Waals surface area contributed by atoms with Crippen molar-refractivity contribution < 1.29 is 19.1 Å². The van der Waals surface area contributed by atoms with Crippen molar-refractivity contribution in [3.8, 4) is 0 Å². The number of amides is 3. The van der Waals surface area contributed by atoms with Crippen LogP contribution in [0.15, 0.2) is 23.0 Å². The number of piperidine rings is 4. The Kier molecular flexibility index (Phi) is 8.98. The lowest BCUT2D eigenvalue weighted by Crippen LogP contribution is -2.57. The van der Waals surface area contributed by atoms with E-state index in [2.05, 4.69) is 27.2 Å². The van der Waals surface area contributed by atoms with Crippen LogP contribution in [-0.2, 0) is 21.4 Å². The molecular formula is C37H54N6O5. The van der Waals surface area contributed by atoms with E-state index in [9.17, 15) is 19.2 Å². The summed E-state index contributed by atoms with van der Waals surface area (Å²) in [6.45, 7) is 13.3. The van der Waals surface area contributed by atoms with Gasteiger partial charge in [-0.2, -0.15) is 0 Å². The van der Waals surface area contributed by atoms with Gasteiger partial charge in [-0.15, -0.1) is 0 Å². The van der Waals surface area contributed by atoms with E-state index in [1.54, 1.807) is 16.2 Å². The lowest BCUT2D eigenvalue weighted by Gasteiger charge is -2.56. The second kappa shape index (κ2) is 12.9. The Labute approximate surface area is 283 Å². The number of carbonyl (C=O) groups is 3. The van der Waals surface area contributed by atoms with Crippen molar-refractivity contribution in [1.82, 2.24) is 29.2 Å². The second-order valence-electron chi connectivity index (χ2n) is 16.5. The van der Waals surface area contributed by atoms with Crippen LogP contribution in [-0.4, -0.2) is 99.2 Å². The number of rotatable bonds is 5. The number of benzene rings is 1. The molecule has 1 spiro atoms. The zero-order chi connectivity index (χ0) is 33.8. The molecule has 11 heteroatoms. The van der Waals surface area contributed by atoms with Gasteiger partial charge in [-0.1, -0.05) is 6.07 Å². The summed E-state index contributed by atoms with van der Waals surface area (Å²) in [4.78, 5) is 57.2. The van der Waals surface area contributed by atoms with Crippen molar-refractivity contribution >= 4 is 28.9 Å². The maximum absolute atomic E-state index is 13.2. The summed E-state index contributed by atoms with van der Waals surface area (Å²) < 4.78 is 8.80. The zero-order valence-corrected chi connectivity index (χ0v) is 29.3. The standard InChI is InChI=1S/C37H54N6O5/c1-36(2,3)48-35(47)42-19-13-37(14-20-42)22-28(23-37)41-17-9-25(10-18-41)24-40-15-11-26(12-16-40)27-5-6-29-31(21-27)39(4)34(46)43(29)30-7-8-32(44)38-33(30)45/h5-6,21,25-26,28,30H,7-20,22-24H2,1-4H3,(H,38,44,45). The summed E-state index contributed by atoms with van der Waals surface area (Å²) in [6.07, 6.45) is 10.0. The first-order valence-electron chi connectivity index (χ1n) is 18.4. The number of ether oxygens (including phenoxy) is 1. The number of nitrogens with zero attached hydrogens (tertiary/aromatic N) is 5. The molecule has 5 fully saturated rings. The molecule has 4 saturated heterocycles. The van der Waals surface area contributed by atoms with Crippen LogP contribution in [0, 0.1) is 11.3 Å². The summed E-state index contributed by atoms with van der Waals surface area (Å²) in [6, 6.07) is 6.33. The third kappa shape index (κ3) is 6.69. The fraction of sp³-hybridized carbons (Fsp3) is 0.730. The molecule has 1 aliphatic carbocycles. The maximum Gasteiger partial charge on any atom is 0.410 e. The molecule has 262 valence electrons. The van der Waals surface area contributed by atoms with Crippen LogP contribution in [0.2, 0.25) is 0 Å². The lowest BCUT2D eigenvalue weighted by molar-refractivity contribution is -0.135. The predicted molar refractivity (Wildman–Crippen MR) is 184 cm³/mol. The first-order chi connectivity index (χ1) is 22.9. The third-order valence-corrected chi connectivity index (χ3v) is 12.2. The fourth-order valence-electron chi connectivity index (χ4n) is 9.28. The van der Waals surface area contributed by atoms with Crippen LogP contribution >= 0.6 is 0 Å². The largest absolute Gasteiger partial charge is 0.444 e. The van der Waals surface area contributed by atoms with Crippen molar-refractivity contribution in [2.75, 3.05) is 45.8 Å². The average Bonchev–Trinajstić information content (AvgIpc) is 3.28. The molecule has 7 rings (SSSR count). The lowest BCUT2D eigenvalue weighted by atomic mass is 9.60. The number of aromatic nitrogens is 2. The minimum Gasteiger partial charge on any atom is -0.444 e. The highest BCUT2D eigenvalue weighted by Crippen LogP contribution is 2.51. The van der Waals surface area contributed by atoms with Crippen molar-refractivity contribution in [2.45, 2.75) is 109 Å². The topological polar surface area (TPSA) is 109 Å². The number of nitrogens with one attached hydrogen (secondary N) is 1. The molecule has 1 aromatic carbocycles. The number of aryl methyl sites for hydroxylation is 1. The van der Waals surface area contributed by atoms with E-state index in [0.29, 0.717) is 23.8 Å². The number of imidazole rings is 1. The molecule has 2 aromatic rings. The van der Waals surface area contributed by atoms with Gasteiger partial charge < -0.3 is 19.4 Å². The van der Waals surface area contributed by atoms with E-state index >= 15 is 0 Å². The van der Waals surface area contributed by atoms with Crippen LogP contribution in [0.5, 0.6) is 0 Å². The highest BCUT2D eigenvalue weighted by atomic mass is 16.6. The molecule has 1 unspecified atom stereocenters. The van der Waals surface area contributed by atoms with Gasteiger partial charge in [0.15, 0.2) is 0 Å². The summed E-state index contributed by atoms with van der Waals surface area (Å²) in [5, 5.41) is 2.39. The SMILES string of the molecule is Cn1c(=O)n(C2CCC(=O)NC2=O)c2ccc(C3CCN(CC4CCN(C5CC6(CCN(C(=O)OC(C)(C)C)CC6)C5)CC4)CC3)cc21. The molecule has 11 nitrogen and oxygen atoms in total. The van der Waals surface area contributed by atoms with Crippen LogP contribution in [0.4, 0.5) is 4.79 Å². The zero-order valence-electron chi connectivity index (χ0n) is 29.3. The highest BCUT2D eigenvalue weighted by molar-refractivity contribution is 6.00. The predicted octanol–water partition coefficient (Wildman–Crippen LogP) is 4.39. The highest BCUT2D eigenvalue weighted by Gasteiger charge is 2.49. The van der Waals surface area contributed by atoms with Crippen LogP contribution in [0.1, 0.15) is 103 Å². The number of likely N-dealkylation sites (tertiary alicyclic amines) is 3. The monoisotopic (exact) mass is 662 g/mol. The van der Waals surface area contributed by atoms with Crippen molar-refractivity contribution in [2.24, 2.45) is 18.4 Å². The Balaban J connectivity index is 0.855. The average molecular weight is 663 g/mol. The first-order valence-corrected chi connectivity index (χ1v) is 18.4. The van der Waals surface area contributed by atoms with E-state index < -0.39 is 17.6 Å². The van der Waals surface area contributed by atoms with Crippen LogP contribution < -0.4 is 11.0 Å². The molecule has 1 atom stereocenters.